The molecule has 20 heavy (non-hydrogen) atoms. The van der Waals surface area contributed by atoms with E-state index in [0.717, 1.165) is 21.7 Å². The molecule has 2 nitrogen and oxygen atoms in total. The van der Waals surface area contributed by atoms with Crippen molar-refractivity contribution in [2.24, 2.45) is 0 Å². The zero-order valence-electron chi connectivity index (χ0n) is 11.4. The third-order valence-corrected chi connectivity index (χ3v) is 4.25. The summed E-state index contributed by atoms with van der Waals surface area (Å²) < 4.78 is 16.6. The zero-order chi connectivity index (χ0) is 14.1. The number of aryl methyl sites for hydroxylation is 1. The van der Waals surface area contributed by atoms with Gasteiger partial charge >= 0.3 is 0 Å². The second kappa shape index (κ2) is 5.29. The van der Waals surface area contributed by atoms with Crippen LogP contribution in [0.25, 0.3) is 16.8 Å². The first-order valence-corrected chi connectivity index (χ1v) is 7.76. The average Bonchev–Trinajstić information content (AvgIpc) is 2.95. The van der Waals surface area contributed by atoms with Crippen LogP contribution in [-0.4, -0.2) is 15.6 Å². The van der Waals surface area contributed by atoms with Crippen molar-refractivity contribution < 1.29 is 4.39 Å². The van der Waals surface area contributed by atoms with Gasteiger partial charge in [0.2, 0.25) is 0 Å². The largest absolute Gasteiger partial charge is 0.307 e. The predicted molar refractivity (Wildman–Crippen MR) is 81.7 cm³/mol. The lowest BCUT2D eigenvalue weighted by molar-refractivity contribution is 0.615. The molecule has 0 radical (unpaired) electrons. The summed E-state index contributed by atoms with van der Waals surface area (Å²) in [6.45, 7) is 1.97. The van der Waals surface area contributed by atoms with Crippen LogP contribution in [0, 0.1) is 5.82 Å². The van der Waals surface area contributed by atoms with Crippen LogP contribution in [0.5, 0.6) is 0 Å². The summed E-state index contributed by atoms with van der Waals surface area (Å²) in [6, 6.07) is 7.59. The van der Waals surface area contributed by atoms with Crippen molar-refractivity contribution in [3.8, 4) is 11.1 Å². The van der Waals surface area contributed by atoms with E-state index in [-0.39, 0.29) is 5.82 Å². The first-order chi connectivity index (χ1) is 9.76. The third kappa shape index (κ3) is 2.00. The molecule has 1 aromatic carbocycles. The Kier molecular flexibility index (Phi) is 3.49. The van der Waals surface area contributed by atoms with Gasteiger partial charge in [-0.15, -0.1) is 11.8 Å². The Balaban J connectivity index is 2.36. The van der Waals surface area contributed by atoms with E-state index in [1.165, 1.54) is 0 Å². The number of nitrogens with zero attached hydrogens (tertiary/aromatic N) is 2. The summed E-state index contributed by atoms with van der Waals surface area (Å²) in [5.41, 5.74) is 3.04. The molecule has 0 bridgehead atoms. The molecule has 0 aliphatic rings. The van der Waals surface area contributed by atoms with Gasteiger partial charge in [-0.1, -0.05) is 25.1 Å². The number of aromatic nitrogens is 2. The molecule has 102 valence electrons. The van der Waals surface area contributed by atoms with E-state index in [1.807, 2.05) is 54.2 Å². The number of pyridine rings is 1. The van der Waals surface area contributed by atoms with Crippen LogP contribution < -0.4 is 0 Å². The Labute approximate surface area is 121 Å². The Bertz CT molecular complexity index is 764. The van der Waals surface area contributed by atoms with Gasteiger partial charge in [0.25, 0.3) is 0 Å². The van der Waals surface area contributed by atoms with Gasteiger partial charge in [-0.05, 0) is 24.3 Å². The highest BCUT2D eigenvalue weighted by Crippen LogP contribution is 2.35. The molecule has 4 heteroatoms. The Morgan fingerprint density at radius 2 is 2.10 bits per heavy atom. The van der Waals surface area contributed by atoms with Gasteiger partial charge in [0.05, 0.1) is 0 Å². The van der Waals surface area contributed by atoms with Crippen LogP contribution >= 0.6 is 11.8 Å². The van der Waals surface area contributed by atoms with E-state index >= 15 is 0 Å². The molecular formula is C16H15FN2S. The molecule has 3 rings (SSSR count). The van der Waals surface area contributed by atoms with Crippen LogP contribution in [0.3, 0.4) is 0 Å². The molecule has 0 spiro atoms. The van der Waals surface area contributed by atoms with Gasteiger partial charge in [0.15, 0.2) is 0 Å². The molecule has 0 fully saturated rings. The summed E-state index contributed by atoms with van der Waals surface area (Å²) in [5.74, 6) is -0.138. The minimum absolute atomic E-state index is 0.138. The number of imidazole rings is 1. The topological polar surface area (TPSA) is 17.3 Å². The van der Waals surface area contributed by atoms with Crippen LogP contribution in [0.1, 0.15) is 12.5 Å². The average molecular weight is 286 g/mol. The van der Waals surface area contributed by atoms with Crippen molar-refractivity contribution in [1.82, 2.24) is 9.38 Å². The molecule has 0 atom stereocenters. The van der Waals surface area contributed by atoms with Crippen molar-refractivity contribution in [2.45, 2.75) is 18.2 Å². The van der Waals surface area contributed by atoms with Crippen molar-refractivity contribution in [3.63, 3.8) is 0 Å². The third-order valence-electron chi connectivity index (χ3n) is 3.47. The van der Waals surface area contributed by atoms with E-state index in [4.69, 9.17) is 0 Å². The summed E-state index contributed by atoms with van der Waals surface area (Å²) in [7, 11) is 0. The Morgan fingerprint density at radius 1 is 1.25 bits per heavy atom. The predicted octanol–water partition coefficient (Wildman–Crippen LogP) is 4.42. The highest BCUT2D eigenvalue weighted by atomic mass is 32.2. The molecule has 0 saturated carbocycles. The van der Waals surface area contributed by atoms with Gasteiger partial charge in [0.1, 0.15) is 11.5 Å². The molecule has 0 aliphatic carbocycles. The minimum atomic E-state index is -0.138. The quantitative estimate of drug-likeness (QED) is 0.663. The smallest absolute Gasteiger partial charge is 0.145 e. The molecule has 3 aromatic rings. The maximum absolute atomic E-state index is 14.7. The summed E-state index contributed by atoms with van der Waals surface area (Å²) >= 11 is 1.61. The van der Waals surface area contributed by atoms with Crippen molar-refractivity contribution in [3.05, 3.63) is 54.2 Å². The van der Waals surface area contributed by atoms with E-state index in [2.05, 4.69) is 4.98 Å². The lowest BCUT2D eigenvalue weighted by Crippen LogP contribution is -1.96. The fraction of sp³-hybridized carbons (Fsp3) is 0.188. The lowest BCUT2D eigenvalue weighted by atomic mass is 10.0. The van der Waals surface area contributed by atoms with Gasteiger partial charge in [-0.25, -0.2) is 9.37 Å². The monoisotopic (exact) mass is 286 g/mol. The molecule has 0 saturated heterocycles. The number of thioether (sulfide) groups is 1. The van der Waals surface area contributed by atoms with E-state index in [1.54, 1.807) is 18.0 Å². The molecule has 0 amide bonds. The van der Waals surface area contributed by atoms with Crippen molar-refractivity contribution in [1.29, 1.82) is 0 Å². The van der Waals surface area contributed by atoms with Gasteiger partial charge in [0, 0.05) is 34.6 Å². The fourth-order valence-corrected chi connectivity index (χ4v) is 3.04. The Hall–Kier alpha value is -1.81. The van der Waals surface area contributed by atoms with Gasteiger partial charge in [-0.3, -0.25) is 0 Å². The molecule has 0 N–H and O–H groups in total. The van der Waals surface area contributed by atoms with Crippen LogP contribution in [-0.2, 0) is 6.42 Å². The second-order valence-electron chi connectivity index (χ2n) is 4.55. The van der Waals surface area contributed by atoms with E-state index < -0.39 is 0 Å². The van der Waals surface area contributed by atoms with E-state index in [9.17, 15) is 4.39 Å². The van der Waals surface area contributed by atoms with E-state index in [0.29, 0.717) is 12.0 Å². The molecule has 0 unspecified atom stereocenters. The van der Waals surface area contributed by atoms with Crippen molar-refractivity contribution in [2.75, 3.05) is 6.26 Å². The number of hydrogen-bond donors (Lipinski definition) is 0. The number of benzene rings is 1. The molecule has 0 aliphatic heterocycles. The fourth-order valence-electron chi connectivity index (χ4n) is 2.44. The number of rotatable bonds is 3. The highest BCUT2D eigenvalue weighted by molar-refractivity contribution is 7.98. The van der Waals surface area contributed by atoms with Crippen LogP contribution in [0.4, 0.5) is 4.39 Å². The first-order valence-electron chi connectivity index (χ1n) is 6.53. The number of halogens is 1. The molecular weight excluding hydrogens is 271 g/mol. The lowest BCUT2D eigenvalue weighted by Gasteiger charge is -2.12. The second-order valence-corrected chi connectivity index (χ2v) is 5.40. The van der Waals surface area contributed by atoms with Gasteiger partial charge in [-0.2, -0.15) is 0 Å². The van der Waals surface area contributed by atoms with Crippen molar-refractivity contribution >= 4 is 17.4 Å². The SMILES string of the molecule is CCc1cccc(-c2c(SC)ccn3ccnc23)c1F. The molecule has 2 heterocycles. The van der Waals surface area contributed by atoms with Crippen LogP contribution in [0.2, 0.25) is 0 Å². The number of fused-ring (bicyclic) bond motifs is 1. The summed E-state index contributed by atoms with van der Waals surface area (Å²) in [4.78, 5) is 5.42. The Morgan fingerprint density at radius 3 is 2.85 bits per heavy atom. The highest BCUT2D eigenvalue weighted by Gasteiger charge is 2.16. The normalized spacial score (nSPS) is 11.2. The summed E-state index contributed by atoms with van der Waals surface area (Å²) in [6.07, 6.45) is 8.26. The zero-order valence-corrected chi connectivity index (χ0v) is 12.2. The van der Waals surface area contributed by atoms with Gasteiger partial charge < -0.3 is 4.40 Å². The summed E-state index contributed by atoms with van der Waals surface area (Å²) in [5, 5.41) is 0. The first kappa shape index (κ1) is 13.2. The maximum Gasteiger partial charge on any atom is 0.145 e. The maximum atomic E-state index is 14.7. The standard InChI is InChI=1S/C16H15FN2S/c1-3-11-5-4-6-12(15(11)17)14-13(20-2)7-9-19-10-8-18-16(14)19/h4-10H,3H2,1-2H3. The minimum Gasteiger partial charge on any atom is -0.307 e. The van der Waals surface area contributed by atoms with Crippen LogP contribution in [0.15, 0.2) is 47.8 Å². The molecule has 2 aromatic heterocycles. The number of hydrogen-bond acceptors (Lipinski definition) is 2.